The minimum atomic E-state index is 0.260. The van der Waals surface area contributed by atoms with Gasteiger partial charge in [-0.05, 0) is 54.6 Å². The molecule has 0 fully saturated rings. The van der Waals surface area contributed by atoms with Crippen molar-refractivity contribution in [3.05, 3.63) is 70.3 Å². The molecule has 2 aromatic rings. The zero-order valence-corrected chi connectivity index (χ0v) is 13.2. The first-order valence-electron chi connectivity index (χ1n) is 7.37. The van der Waals surface area contributed by atoms with Gasteiger partial charge in [0.05, 0.1) is 6.04 Å². The molecular formula is C19H25N. The maximum absolute atomic E-state index is 3.43. The van der Waals surface area contributed by atoms with E-state index in [9.17, 15) is 0 Å². The normalized spacial score (nSPS) is 12.7. The van der Waals surface area contributed by atoms with Crippen molar-refractivity contribution in [1.82, 2.24) is 5.32 Å². The molecule has 0 spiro atoms. The second-order valence-electron chi connectivity index (χ2n) is 5.89. The maximum Gasteiger partial charge on any atom is 0.0574 e. The zero-order chi connectivity index (χ0) is 14.7. The van der Waals surface area contributed by atoms with Crippen molar-refractivity contribution in [3.63, 3.8) is 0 Å². The molecule has 0 heterocycles. The molecule has 0 aliphatic rings. The molecular weight excluding hydrogens is 242 g/mol. The molecule has 1 unspecified atom stereocenters. The monoisotopic (exact) mass is 267 g/mol. The highest BCUT2D eigenvalue weighted by atomic mass is 14.9. The van der Waals surface area contributed by atoms with Crippen molar-refractivity contribution >= 4 is 0 Å². The standard InChI is InChI=1S/C19H25N/c1-13(2)16-8-10-17(11-9-16)19(20-5)18-7-6-14(3)15(4)12-18/h6-13,19-20H,1-5H3. The molecule has 1 nitrogen and oxygen atoms in total. The molecule has 2 aromatic carbocycles. The van der Waals surface area contributed by atoms with Gasteiger partial charge in [0.15, 0.2) is 0 Å². The van der Waals surface area contributed by atoms with Gasteiger partial charge >= 0.3 is 0 Å². The Bertz CT molecular complexity index is 567. The molecule has 0 bridgehead atoms. The molecule has 2 rings (SSSR count). The van der Waals surface area contributed by atoms with Crippen LogP contribution in [-0.2, 0) is 0 Å². The lowest BCUT2D eigenvalue weighted by molar-refractivity contribution is 0.690. The maximum atomic E-state index is 3.43. The van der Waals surface area contributed by atoms with Crippen molar-refractivity contribution in [2.75, 3.05) is 7.05 Å². The van der Waals surface area contributed by atoms with Crippen LogP contribution in [0.15, 0.2) is 42.5 Å². The van der Waals surface area contributed by atoms with Gasteiger partial charge in [0.25, 0.3) is 0 Å². The Morgan fingerprint density at radius 3 is 1.80 bits per heavy atom. The van der Waals surface area contributed by atoms with E-state index in [1.165, 1.54) is 27.8 Å². The van der Waals surface area contributed by atoms with Crippen LogP contribution in [0.1, 0.15) is 53.6 Å². The number of hydrogen-bond donors (Lipinski definition) is 1. The molecule has 0 aliphatic carbocycles. The number of rotatable bonds is 4. The summed E-state index contributed by atoms with van der Waals surface area (Å²) in [5.41, 5.74) is 6.73. The van der Waals surface area contributed by atoms with E-state index < -0.39 is 0 Å². The van der Waals surface area contributed by atoms with E-state index in [4.69, 9.17) is 0 Å². The summed E-state index contributed by atoms with van der Waals surface area (Å²) in [4.78, 5) is 0. The largest absolute Gasteiger partial charge is 0.309 e. The van der Waals surface area contributed by atoms with Crippen molar-refractivity contribution in [3.8, 4) is 0 Å². The smallest absolute Gasteiger partial charge is 0.0574 e. The van der Waals surface area contributed by atoms with E-state index >= 15 is 0 Å². The quantitative estimate of drug-likeness (QED) is 0.844. The van der Waals surface area contributed by atoms with E-state index in [0.29, 0.717) is 5.92 Å². The van der Waals surface area contributed by atoms with Gasteiger partial charge in [-0.15, -0.1) is 0 Å². The van der Waals surface area contributed by atoms with E-state index in [-0.39, 0.29) is 6.04 Å². The van der Waals surface area contributed by atoms with Crippen LogP contribution >= 0.6 is 0 Å². The van der Waals surface area contributed by atoms with Gasteiger partial charge in [-0.1, -0.05) is 56.3 Å². The summed E-state index contributed by atoms with van der Waals surface area (Å²) in [5, 5.41) is 3.43. The molecule has 20 heavy (non-hydrogen) atoms. The van der Waals surface area contributed by atoms with Crippen LogP contribution in [0, 0.1) is 13.8 Å². The molecule has 0 amide bonds. The van der Waals surface area contributed by atoms with Gasteiger partial charge in [-0.25, -0.2) is 0 Å². The van der Waals surface area contributed by atoms with E-state index in [2.05, 4.69) is 75.5 Å². The summed E-state index contributed by atoms with van der Waals surface area (Å²) >= 11 is 0. The fourth-order valence-electron chi connectivity index (χ4n) is 2.54. The van der Waals surface area contributed by atoms with Crippen LogP contribution in [0.2, 0.25) is 0 Å². The van der Waals surface area contributed by atoms with Crippen LogP contribution in [0.3, 0.4) is 0 Å². The first-order chi connectivity index (χ1) is 9.52. The summed E-state index contributed by atoms with van der Waals surface area (Å²) in [7, 11) is 2.02. The zero-order valence-electron chi connectivity index (χ0n) is 13.2. The van der Waals surface area contributed by atoms with Crippen LogP contribution in [0.5, 0.6) is 0 Å². The lowest BCUT2D eigenvalue weighted by atomic mass is 9.93. The molecule has 0 aromatic heterocycles. The van der Waals surface area contributed by atoms with Crippen molar-refractivity contribution < 1.29 is 0 Å². The van der Waals surface area contributed by atoms with Gasteiger partial charge < -0.3 is 5.32 Å². The van der Waals surface area contributed by atoms with Crippen molar-refractivity contribution in [2.45, 2.75) is 39.7 Å². The lowest BCUT2D eigenvalue weighted by Gasteiger charge is -2.19. The Labute approximate surface area is 123 Å². The third-order valence-electron chi connectivity index (χ3n) is 4.09. The average Bonchev–Trinajstić information content (AvgIpc) is 2.44. The lowest BCUT2D eigenvalue weighted by Crippen LogP contribution is -2.17. The molecule has 1 heteroatoms. The van der Waals surface area contributed by atoms with Gasteiger partial charge in [0.2, 0.25) is 0 Å². The highest BCUT2D eigenvalue weighted by Crippen LogP contribution is 2.25. The highest BCUT2D eigenvalue weighted by molar-refractivity contribution is 5.38. The summed E-state index contributed by atoms with van der Waals surface area (Å²) in [5.74, 6) is 0.582. The Morgan fingerprint density at radius 1 is 0.750 bits per heavy atom. The molecule has 1 N–H and O–H groups in total. The number of benzene rings is 2. The number of hydrogen-bond acceptors (Lipinski definition) is 1. The summed E-state index contributed by atoms with van der Waals surface area (Å²) in [6.07, 6.45) is 0. The second kappa shape index (κ2) is 6.23. The molecule has 0 aliphatic heterocycles. The van der Waals surface area contributed by atoms with Crippen molar-refractivity contribution in [1.29, 1.82) is 0 Å². The minimum absolute atomic E-state index is 0.260. The second-order valence-corrected chi connectivity index (χ2v) is 5.89. The van der Waals surface area contributed by atoms with E-state index in [1.54, 1.807) is 0 Å². The Kier molecular flexibility index (Phi) is 4.61. The first-order valence-corrected chi connectivity index (χ1v) is 7.37. The van der Waals surface area contributed by atoms with Crippen LogP contribution in [0.25, 0.3) is 0 Å². The average molecular weight is 267 g/mol. The minimum Gasteiger partial charge on any atom is -0.309 e. The number of aryl methyl sites for hydroxylation is 2. The Morgan fingerprint density at radius 2 is 1.30 bits per heavy atom. The highest BCUT2D eigenvalue weighted by Gasteiger charge is 2.12. The van der Waals surface area contributed by atoms with Gasteiger partial charge in [0, 0.05) is 0 Å². The summed E-state index contributed by atoms with van der Waals surface area (Å²) < 4.78 is 0. The van der Waals surface area contributed by atoms with Gasteiger partial charge in [-0.2, -0.15) is 0 Å². The van der Waals surface area contributed by atoms with Gasteiger partial charge in [-0.3, -0.25) is 0 Å². The molecule has 1 atom stereocenters. The summed E-state index contributed by atoms with van der Waals surface area (Å²) in [6.45, 7) is 8.79. The van der Waals surface area contributed by atoms with Crippen LogP contribution in [-0.4, -0.2) is 7.05 Å². The number of nitrogens with one attached hydrogen (secondary N) is 1. The van der Waals surface area contributed by atoms with Crippen molar-refractivity contribution in [2.24, 2.45) is 0 Å². The fraction of sp³-hybridized carbons (Fsp3) is 0.368. The topological polar surface area (TPSA) is 12.0 Å². The first kappa shape index (κ1) is 14.8. The molecule has 0 radical (unpaired) electrons. The predicted octanol–water partition coefficient (Wildman–Crippen LogP) is 4.74. The molecule has 0 saturated heterocycles. The van der Waals surface area contributed by atoms with Gasteiger partial charge in [0.1, 0.15) is 0 Å². The predicted molar refractivity (Wildman–Crippen MR) is 87.3 cm³/mol. The Balaban J connectivity index is 2.33. The van der Waals surface area contributed by atoms with E-state index in [0.717, 1.165) is 0 Å². The van der Waals surface area contributed by atoms with Crippen LogP contribution in [0.4, 0.5) is 0 Å². The van der Waals surface area contributed by atoms with E-state index in [1.807, 2.05) is 7.05 Å². The molecule has 106 valence electrons. The van der Waals surface area contributed by atoms with Crippen LogP contribution < -0.4 is 5.32 Å². The SMILES string of the molecule is CNC(c1ccc(C(C)C)cc1)c1ccc(C)c(C)c1. The summed E-state index contributed by atoms with van der Waals surface area (Å²) in [6, 6.07) is 15.9. The Hall–Kier alpha value is -1.60. The fourth-order valence-corrected chi connectivity index (χ4v) is 2.54. The third kappa shape index (κ3) is 3.10. The third-order valence-corrected chi connectivity index (χ3v) is 4.09. The molecule has 0 saturated carbocycles.